The van der Waals surface area contributed by atoms with Crippen molar-refractivity contribution < 1.29 is 0 Å². The number of nitrogens with one attached hydrogen (secondary N) is 1. The van der Waals surface area contributed by atoms with Crippen molar-refractivity contribution in [2.24, 2.45) is 0 Å². The van der Waals surface area contributed by atoms with Gasteiger partial charge in [0, 0.05) is 18.9 Å². The van der Waals surface area contributed by atoms with Crippen molar-refractivity contribution in [3.05, 3.63) is 29.4 Å². The minimum absolute atomic E-state index is 0.606. The van der Waals surface area contributed by atoms with Crippen LogP contribution in [0.3, 0.4) is 0 Å². The highest BCUT2D eigenvalue weighted by atomic mass is 35.5. The Balaban J connectivity index is 2.63. The monoisotopic (exact) mass is 196 g/mol. The van der Waals surface area contributed by atoms with Crippen molar-refractivity contribution in [1.82, 2.24) is 19.7 Å². The van der Waals surface area contributed by atoms with Gasteiger partial charge in [0.15, 0.2) is 5.65 Å². The zero-order valence-corrected chi connectivity index (χ0v) is 7.91. The maximum absolute atomic E-state index is 5.90. The molecule has 0 aliphatic heterocycles. The Morgan fingerprint density at radius 3 is 3.15 bits per heavy atom. The number of hydrogen-bond acceptors (Lipinski definition) is 3. The minimum atomic E-state index is 0.606. The average Bonchev–Trinajstić information content (AvgIpc) is 2.50. The molecule has 5 heteroatoms. The molecule has 0 spiro atoms. The van der Waals surface area contributed by atoms with Crippen LogP contribution in [-0.2, 0) is 6.54 Å². The van der Waals surface area contributed by atoms with E-state index in [2.05, 4.69) is 15.3 Å². The number of aromatic nitrogens is 3. The summed E-state index contributed by atoms with van der Waals surface area (Å²) in [7, 11) is 1.87. The molecule has 13 heavy (non-hydrogen) atoms. The maximum atomic E-state index is 5.90. The van der Waals surface area contributed by atoms with Gasteiger partial charge in [0.25, 0.3) is 0 Å². The second-order valence-electron chi connectivity index (χ2n) is 2.68. The molecule has 0 aliphatic carbocycles. The Kier molecular flexibility index (Phi) is 2.16. The van der Waals surface area contributed by atoms with E-state index in [1.54, 1.807) is 23.0 Å². The number of rotatable bonds is 2. The first kappa shape index (κ1) is 8.47. The van der Waals surface area contributed by atoms with Gasteiger partial charge in [-0.05, 0) is 7.05 Å². The van der Waals surface area contributed by atoms with E-state index in [0.29, 0.717) is 11.7 Å². The molecule has 2 aromatic heterocycles. The van der Waals surface area contributed by atoms with E-state index in [-0.39, 0.29) is 0 Å². The van der Waals surface area contributed by atoms with Crippen molar-refractivity contribution in [3.8, 4) is 0 Å². The zero-order valence-electron chi connectivity index (χ0n) is 7.16. The van der Waals surface area contributed by atoms with Crippen LogP contribution in [0.1, 0.15) is 5.69 Å². The third-order valence-corrected chi connectivity index (χ3v) is 2.08. The summed E-state index contributed by atoms with van der Waals surface area (Å²) in [5.41, 5.74) is 1.71. The summed E-state index contributed by atoms with van der Waals surface area (Å²) in [6.07, 6.45) is 5.13. The Labute approximate surface area is 80.6 Å². The van der Waals surface area contributed by atoms with E-state index in [4.69, 9.17) is 11.6 Å². The SMILES string of the molecule is CNCc1nccn2c(Cl)cnc12. The molecule has 2 rings (SSSR count). The number of halogens is 1. The van der Waals surface area contributed by atoms with Gasteiger partial charge < -0.3 is 5.32 Å². The van der Waals surface area contributed by atoms with Crippen LogP contribution < -0.4 is 5.32 Å². The Morgan fingerprint density at radius 1 is 1.54 bits per heavy atom. The van der Waals surface area contributed by atoms with Gasteiger partial charge >= 0.3 is 0 Å². The lowest BCUT2D eigenvalue weighted by molar-refractivity contribution is 0.788. The van der Waals surface area contributed by atoms with Crippen LogP contribution in [-0.4, -0.2) is 21.4 Å². The molecule has 0 aromatic carbocycles. The summed E-state index contributed by atoms with van der Waals surface area (Å²) >= 11 is 5.90. The predicted molar refractivity (Wildman–Crippen MR) is 50.8 cm³/mol. The van der Waals surface area contributed by atoms with Gasteiger partial charge in [-0.15, -0.1) is 0 Å². The molecule has 0 saturated carbocycles. The first-order chi connectivity index (χ1) is 6.33. The maximum Gasteiger partial charge on any atom is 0.161 e. The number of imidazole rings is 1. The average molecular weight is 197 g/mol. The lowest BCUT2D eigenvalue weighted by Crippen LogP contribution is -2.08. The van der Waals surface area contributed by atoms with Gasteiger partial charge in [-0.1, -0.05) is 11.6 Å². The fourth-order valence-corrected chi connectivity index (χ4v) is 1.42. The van der Waals surface area contributed by atoms with E-state index in [1.807, 2.05) is 7.05 Å². The lowest BCUT2D eigenvalue weighted by Gasteiger charge is -2.00. The fourth-order valence-electron chi connectivity index (χ4n) is 1.24. The molecule has 0 atom stereocenters. The minimum Gasteiger partial charge on any atom is -0.314 e. The molecule has 0 aliphatic rings. The molecule has 0 radical (unpaired) electrons. The normalized spacial score (nSPS) is 10.9. The molecule has 4 nitrogen and oxygen atoms in total. The standard InChI is InChI=1S/C8H9ClN4/c1-10-4-6-8-12-5-7(9)13(8)3-2-11-6/h2-3,5,10H,4H2,1H3. The largest absolute Gasteiger partial charge is 0.314 e. The summed E-state index contributed by atoms with van der Waals surface area (Å²) in [6.45, 7) is 0.692. The summed E-state index contributed by atoms with van der Waals surface area (Å²) in [5, 5.41) is 3.63. The third-order valence-electron chi connectivity index (χ3n) is 1.80. The molecule has 68 valence electrons. The fraction of sp³-hybridized carbons (Fsp3) is 0.250. The summed E-state index contributed by atoms with van der Waals surface area (Å²) in [6, 6.07) is 0. The van der Waals surface area contributed by atoms with Gasteiger partial charge in [-0.25, -0.2) is 4.98 Å². The summed E-state index contributed by atoms with van der Waals surface area (Å²) in [5.74, 6) is 0. The molecule has 2 aromatic rings. The number of hydrogen-bond donors (Lipinski definition) is 1. The van der Waals surface area contributed by atoms with Crippen LogP contribution in [0.2, 0.25) is 5.15 Å². The van der Waals surface area contributed by atoms with E-state index in [1.165, 1.54) is 0 Å². The van der Waals surface area contributed by atoms with Gasteiger partial charge in [0.2, 0.25) is 0 Å². The quantitative estimate of drug-likeness (QED) is 0.782. The Morgan fingerprint density at radius 2 is 2.38 bits per heavy atom. The molecular formula is C8H9ClN4. The van der Waals surface area contributed by atoms with Crippen molar-refractivity contribution >= 4 is 17.2 Å². The van der Waals surface area contributed by atoms with Gasteiger partial charge in [0.05, 0.1) is 11.9 Å². The predicted octanol–water partition coefficient (Wildman–Crippen LogP) is 1.10. The van der Waals surface area contributed by atoms with Crippen molar-refractivity contribution in [3.63, 3.8) is 0 Å². The molecule has 2 heterocycles. The van der Waals surface area contributed by atoms with Gasteiger partial charge in [0.1, 0.15) is 5.15 Å². The van der Waals surface area contributed by atoms with Crippen LogP contribution in [0.15, 0.2) is 18.6 Å². The Bertz CT molecular complexity index is 423. The van der Waals surface area contributed by atoms with Crippen LogP contribution in [0.25, 0.3) is 5.65 Å². The highest BCUT2D eigenvalue weighted by Crippen LogP contribution is 2.13. The zero-order chi connectivity index (χ0) is 9.26. The van der Waals surface area contributed by atoms with Crippen LogP contribution >= 0.6 is 11.6 Å². The Hall–Kier alpha value is -1.13. The third kappa shape index (κ3) is 1.38. The lowest BCUT2D eigenvalue weighted by atomic mass is 10.4. The molecule has 0 fully saturated rings. The first-order valence-corrected chi connectivity index (χ1v) is 4.32. The van der Waals surface area contributed by atoms with E-state index in [9.17, 15) is 0 Å². The van der Waals surface area contributed by atoms with Crippen LogP contribution in [0.4, 0.5) is 0 Å². The van der Waals surface area contributed by atoms with Crippen LogP contribution in [0, 0.1) is 0 Å². The summed E-state index contributed by atoms with van der Waals surface area (Å²) in [4.78, 5) is 8.37. The molecule has 0 bridgehead atoms. The second-order valence-corrected chi connectivity index (χ2v) is 3.07. The highest BCUT2D eigenvalue weighted by molar-refractivity contribution is 6.29. The van der Waals surface area contributed by atoms with E-state index < -0.39 is 0 Å². The molecule has 0 saturated heterocycles. The molecular weight excluding hydrogens is 188 g/mol. The first-order valence-electron chi connectivity index (χ1n) is 3.94. The van der Waals surface area contributed by atoms with Crippen molar-refractivity contribution in [2.45, 2.75) is 6.54 Å². The smallest absolute Gasteiger partial charge is 0.161 e. The van der Waals surface area contributed by atoms with E-state index >= 15 is 0 Å². The number of fused-ring (bicyclic) bond motifs is 1. The molecule has 1 N–H and O–H groups in total. The van der Waals surface area contributed by atoms with Crippen LogP contribution in [0.5, 0.6) is 0 Å². The van der Waals surface area contributed by atoms with E-state index in [0.717, 1.165) is 11.3 Å². The van der Waals surface area contributed by atoms with Gasteiger partial charge in [-0.3, -0.25) is 9.38 Å². The van der Waals surface area contributed by atoms with Gasteiger partial charge in [-0.2, -0.15) is 0 Å². The van der Waals surface area contributed by atoms with Crippen molar-refractivity contribution in [2.75, 3.05) is 7.05 Å². The molecule has 0 unspecified atom stereocenters. The summed E-state index contributed by atoms with van der Waals surface area (Å²) < 4.78 is 1.81. The topological polar surface area (TPSA) is 42.2 Å². The van der Waals surface area contributed by atoms with Crippen molar-refractivity contribution in [1.29, 1.82) is 0 Å². The highest BCUT2D eigenvalue weighted by Gasteiger charge is 2.05. The molecule has 0 amide bonds. The second kappa shape index (κ2) is 3.32. The number of nitrogens with zero attached hydrogens (tertiary/aromatic N) is 3.